The van der Waals surface area contributed by atoms with Crippen LogP contribution in [0.2, 0.25) is 0 Å². The first kappa shape index (κ1) is 17.3. The summed E-state index contributed by atoms with van der Waals surface area (Å²) in [6, 6.07) is 11.8. The average molecular weight is 380 g/mol. The summed E-state index contributed by atoms with van der Waals surface area (Å²) >= 11 is 1.74. The molecule has 0 aliphatic carbocycles. The third kappa shape index (κ3) is 3.43. The Morgan fingerprint density at radius 1 is 1.26 bits per heavy atom. The van der Waals surface area contributed by atoms with E-state index in [9.17, 15) is 14.9 Å². The smallest absolute Gasteiger partial charge is 0.273 e. The number of aryl methyl sites for hydroxylation is 2. The maximum atomic E-state index is 12.4. The van der Waals surface area contributed by atoms with Crippen LogP contribution in [0.3, 0.4) is 0 Å². The minimum absolute atomic E-state index is 0.0660. The van der Waals surface area contributed by atoms with E-state index >= 15 is 0 Å². The van der Waals surface area contributed by atoms with Crippen molar-refractivity contribution in [2.45, 2.75) is 18.6 Å². The highest BCUT2D eigenvalue weighted by Gasteiger charge is 2.16. The van der Waals surface area contributed by atoms with Crippen LogP contribution in [0, 0.1) is 17.0 Å². The zero-order valence-electron chi connectivity index (χ0n) is 14.5. The first-order chi connectivity index (χ1) is 13.0. The van der Waals surface area contributed by atoms with Crippen LogP contribution < -0.4 is 5.32 Å². The number of fused-ring (bicyclic) bond motifs is 1. The molecule has 4 rings (SSSR count). The molecule has 7 nitrogen and oxygen atoms in total. The molecule has 0 saturated heterocycles. The number of imidazole rings is 1. The molecule has 1 N–H and O–H groups in total. The van der Waals surface area contributed by atoms with Crippen molar-refractivity contribution in [3.63, 3.8) is 0 Å². The number of rotatable bonds is 4. The van der Waals surface area contributed by atoms with Crippen molar-refractivity contribution in [3.8, 4) is 11.3 Å². The number of nitrogens with one attached hydrogen (secondary N) is 1. The molecule has 2 heterocycles. The van der Waals surface area contributed by atoms with Crippen LogP contribution in [-0.4, -0.2) is 26.1 Å². The molecule has 1 amide bonds. The van der Waals surface area contributed by atoms with E-state index in [0.717, 1.165) is 28.7 Å². The van der Waals surface area contributed by atoms with E-state index in [1.807, 2.05) is 18.3 Å². The molecule has 0 saturated carbocycles. The Morgan fingerprint density at radius 2 is 2.04 bits per heavy atom. The van der Waals surface area contributed by atoms with Crippen molar-refractivity contribution in [1.82, 2.24) is 9.55 Å². The van der Waals surface area contributed by atoms with Crippen LogP contribution >= 0.6 is 11.8 Å². The number of aromatic nitrogens is 2. The molecule has 0 bridgehead atoms. The molecule has 2 aromatic carbocycles. The van der Waals surface area contributed by atoms with Crippen LogP contribution in [0.5, 0.6) is 0 Å². The Morgan fingerprint density at radius 3 is 2.74 bits per heavy atom. The Bertz CT molecular complexity index is 1020. The molecule has 1 aliphatic heterocycles. The van der Waals surface area contributed by atoms with Gasteiger partial charge in [-0.1, -0.05) is 30.0 Å². The summed E-state index contributed by atoms with van der Waals surface area (Å²) in [5, 5.41) is 14.8. The molecule has 0 fully saturated rings. The lowest BCUT2D eigenvalue weighted by Gasteiger charge is -2.07. The number of amides is 1. The average Bonchev–Trinajstić information content (AvgIpc) is 3.24. The second kappa shape index (κ2) is 6.88. The predicted molar refractivity (Wildman–Crippen MR) is 104 cm³/mol. The molecule has 0 spiro atoms. The minimum atomic E-state index is -0.485. The number of carbonyl (C=O) groups is 1. The summed E-state index contributed by atoms with van der Waals surface area (Å²) < 4.78 is 2.14. The lowest BCUT2D eigenvalue weighted by Crippen LogP contribution is -2.12. The van der Waals surface area contributed by atoms with Crippen LogP contribution in [0.25, 0.3) is 11.3 Å². The quantitative estimate of drug-likeness (QED) is 0.543. The summed E-state index contributed by atoms with van der Waals surface area (Å²) in [6.45, 7) is 2.62. The topological polar surface area (TPSA) is 90.1 Å². The highest BCUT2D eigenvalue weighted by atomic mass is 32.2. The SMILES string of the molecule is Cc1ccc(C(=O)Nc2ccc(-c3cn4c(n3)SCC4)cc2)cc1[N+](=O)[O-]. The highest BCUT2D eigenvalue weighted by Crippen LogP contribution is 2.29. The molecule has 0 radical (unpaired) electrons. The minimum Gasteiger partial charge on any atom is -0.325 e. The van der Waals surface area contributed by atoms with E-state index in [-0.39, 0.29) is 17.2 Å². The number of hydrogen-bond acceptors (Lipinski definition) is 5. The number of nitrogens with zero attached hydrogens (tertiary/aromatic N) is 3. The largest absolute Gasteiger partial charge is 0.325 e. The van der Waals surface area contributed by atoms with Gasteiger partial charge in [0, 0.05) is 46.9 Å². The zero-order valence-corrected chi connectivity index (χ0v) is 15.3. The van der Waals surface area contributed by atoms with E-state index in [2.05, 4.69) is 14.9 Å². The van der Waals surface area contributed by atoms with E-state index in [4.69, 9.17) is 0 Å². The molecule has 1 aromatic heterocycles. The Hall–Kier alpha value is -3.13. The zero-order chi connectivity index (χ0) is 19.0. The number of hydrogen-bond donors (Lipinski definition) is 1. The Kier molecular flexibility index (Phi) is 4.41. The predicted octanol–water partition coefficient (Wildman–Crippen LogP) is 4.12. The van der Waals surface area contributed by atoms with E-state index in [0.29, 0.717) is 11.3 Å². The van der Waals surface area contributed by atoms with Gasteiger partial charge in [0.2, 0.25) is 0 Å². The van der Waals surface area contributed by atoms with Gasteiger partial charge in [0.05, 0.1) is 10.6 Å². The van der Waals surface area contributed by atoms with Crippen LogP contribution in [0.4, 0.5) is 11.4 Å². The van der Waals surface area contributed by atoms with Crippen molar-refractivity contribution in [1.29, 1.82) is 0 Å². The van der Waals surface area contributed by atoms with Gasteiger partial charge >= 0.3 is 0 Å². The fraction of sp³-hybridized carbons (Fsp3) is 0.158. The summed E-state index contributed by atoms with van der Waals surface area (Å²) in [7, 11) is 0. The van der Waals surface area contributed by atoms with Crippen molar-refractivity contribution >= 4 is 29.0 Å². The molecule has 0 atom stereocenters. The monoisotopic (exact) mass is 380 g/mol. The fourth-order valence-electron chi connectivity index (χ4n) is 2.92. The van der Waals surface area contributed by atoms with Gasteiger partial charge in [-0.15, -0.1) is 0 Å². The normalized spacial score (nSPS) is 12.6. The third-order valence-electron chi connectivity index (χ3n) is 4.41. The van der Waals surface area contributed by atoms with E-state index in [1.165, 1.54) is 6.07 Å². The first-order valence-corrected chi connectivity index (χ1v) is 9.36. The lowest BCUT2D eigenvalue weighted by atomic mass is 10.1. The maximum Gasteiger partial charge on any atom is 0.273 e. The summed E-state index contributed by atoms with van der Waals surface area (Å²) in [5.74, 6) is 0.674. The van der Waals surface area contributed by atoms with Gasteiger partial charge in [-0.2, -0.15) is 0 Å². The number of anilines is 1. The number of carbonyl (C=O) groups excluding carboxylic acids is 1. The van der Waals surface area contributed by atoms with E-state index < -0.39 is 4.92 Å². The van der Waals surface area contributed by atoms with Crippen LogP contribution in [0.1, 0.15) is 15.9 Å². The molecule has 3 aromatic rings. The third-order valence-corrected chi connectivity index (χ3v) is 5.38. The van der Waals surface area contributed by atoms with Crippen molar-refractivity contribution in [2.75, 3.05) is 11.1 Å². The van der Waals surface area contributed by atoms with Crippen molar-refractivity contribution in [3.05, 3.63) is 69.9 Å². The molecule has 27 heavy (non-hydrogen) atoms. The van der Waals surface area contributed by atoms with Crippen LogP contribution in [0.15, 0.2) is 53.8 Å². The first-order valence-electron chi connectivity index (χ1n) is 8.38. The second-order valence-corrected chi connectivity index (χ2v) is 7.30. The molecular weight excluding hydrogens is 364 g/mol. The van der Waals surface area contributed by atoms with Gasteiger partial charge in [0.15, 0.2) is 5.16 Å². The van der Waals surface area contributed by atoms with Gasteiger partial charge in [0.25, 0.3) is 11.6 Å². The number of nitro groups is 1. The van der Waals surface area contributed by atoms with Crippen molar-refractivity contribution in [2.24, 2.45) is 0 Å². The molecule has 136 valence electrons. The summed E-state index contributed by atoms with van der Waals surface area (Å²) in [6.07, 6.45) is 2.04. The van der Waals surface area contributed by atoms with Gasteiger partial charge in [-0.25, -0.2) is 4.98 Å². The molecule has 0 unspecified atom stereocenters. The van der Waals surface area contributed by atoms with Gasteiger partial charge in [-0.3, -0.25) is 14.9 Å². The van der Waals surface area contributed by atoms with Gasteiger partial charge in [-0.05, 0) is 25.1 Å². The molecule has 1 aliphatic rings. The van der Waals surface area contributed by atoms with Crippen LogP contribution in [-0.2, 0) is 6.54 Å². The van der Waals surface area contributed by atoms with Gasteiger partial charge in [0.1, 0.15) is 0 Å². The fourth-order valence-corrected chi connectivity index (χ4v) is 3.87. The Balaban J connectivity index is 1.50. The highest BCUT2D eigenvalue weighted by molar-refractivity contribution is 7.99. The number of thioether (sulfide) groups is 1. The van der Waals surface area contributed by atoms with Gasteiger partial charge < -0.3 is 9.88 Å². The summed E-state index contributed by atoms with van der Waals surface area (Å²) in [5.41, 5.74) is 3.20. The number of benzene rings is 2. The maximum absolute atomic E-state index is 12.4. The van der Waals surface area contributed by atoms with Crippen molar-refractivity contribution < 1.29 is 9.72 Å². The lowest BCUT2D eigenvalue weighted by molar-refractivity contribution is -0.385. The molecular formula is C19H16N4O3S. The number of nitro benzene ring substituents is 1. The Labute approximate surface area is 159 Å². The standard InChI is InChI=1S/C19H16N4O3S/c1-12-2-3-14(10-17(12)23(25)26)18(24)20-15-6-4-13(5-7-15)16-11-22-8-9-27-19(22)21-16/h2-7,10-11H,8-9H2,1H3,(H,20,24). The van der Waals surface area contributed by atoms with E-state index in [1.54, 1.807) is 43.0 Å². The molecule has 8 heteroatoms. The second-order valence-electron chi connectivity index (χ2n) is 6.24. The summed E-state index contributed by atoms with van der Waals surface area (Å²) in [4.78, 5) is 27.6.